The summed E-state index contributed by atoms with van der Waals surface area (Å²) in [4.78, 5) is 11.4. The highest BCUT2D eigenvalue weighted by molar-refractivity contribution is 8.04. The largest absolute Gasteiger partial charge is 0.465 e. The molecular formula is C18H16F3NO2S. The molecule has 0 fully saturated rings. The summed E-state index contributed by atoms with van der Waals surface area (Å²) in [5, 5.41) is 2.95. The van der Waals surface area contributed by atoms with Gasteiger partial charge in [-0.15, -0.1) is 0 Å². The highest BCUT2D eigenvalue weighted by Crippen LogP contribution is 2.39. The maximum Gasteiger partial charge on any atom is 0.446 e. The molecule has 0 saturated carbocycles. The summed E-state index contributed by atoms with van der Waals surface area (Å²) in [5.41, 5.74) is -3.19. The second-order valence-electron chi connectivity index (χ2n) is 4.95. The molecule has 0 radical (unpaired) electrons. The van der Waals surface area contributed by atoms with Crippen LogP contribution in [0.4, 0.5) is 13.2 Å². The lowest BCUT2D eigenvalue weighted by Crippen LogP contribution is -2.19. The summed E-state index contributed by atoms with van der Waals surface area (Å²) < 4.78 is 43.4. The Morgan fingerprint density at radius 2 is 1.60 bits per heavy atom. The number of methoxy groups -OCH3 is 1. The monoisotopic (exact) mass is 367 g/mol. The van der Waals surface area contributed by atoms with Gasteiger partial charge in [-0.05, 0) is 22.9 Å². The average molecular weight is 367 g/mol. The van der Waals surface area contributed by atoms with Crippen LogP contribution in [0.15, 0.2) is 65.6 Å². The Labute approximate surface area is 147 Å². The van der Waals surface area contributed by atoms with Gasteiger partial charge in [-0.25, -0.2) is 4.79 Å². The van der Waals surface area contributed by atoms with Gasteiger partial charge in [0.2, 0.25) is 0 Å². The Morgan fingerprint density at radius 3 is 2.12 bits per heavy atom. The Kier molecular flexibility index (Phi) is 6.52. The van der Waals surface area contributed by atoms with Crippen LogP contribution in [-0.4, -0.2) is 18.6 Å². The van der Waals surface area contributed by atoms with Gasteiger partial charge >= 0.3 is 11.5 Å². The van der Waals surface area contributed by atoms with Crippen molar-refractivity contribution in [3.05, 3.63) is 76.7 Å². The third-order valence-electron chi connectivity index (χ3n) is 3.19. The molecule has 0 unspecified atom stereocenters. The number of esters is 1. The Balaban J connectivity index is 2.44. The number of benzene rings is 2. The Hall–Kier alpha value is -2.41. The molecule has 0 aromatic heterocycles. The van der Waals surface area contributed by atoms with E-state index in [1.165, 1.54) is 0 Å². The molecule has 3 nitrogen and oxygen atoms in total. The molecule has 0 amide bonds. The number of alkyl halides is 3. The van der Waals surface area contributed by atoms with Crippen molar-refractivity contribution in [2.75, 3.05) is 7.11 Å². The van der Waals surface area contributed by atoms with Crippen molar-refractivity contribution in [1.29, 1.82) is 0 Å². The number of carbonyl (C=O) groups excluding carboxylic acids is 1. The molecule has 2 aromatic rings. The van der Waals surface area contributed by atoms with E-state index in [9.17, 15) is 18.0 Å². The van der Waals surface area contributed by atoms with Crippen molar-refractivity contribution in [3.63, 3.8) is 0 Å². The number of hydrogen-bond acceptors (Lipinski definition) is 4. The molecular weight excluding hydrogens is 351 g/mol. The third kappa shape index (κ3) is 5.86. The molecule has 0 saturated heterocycles. The SMILES string of the molecule is COC(=O)/C(SC(F)(F)F)=C(/NCc1ccccc1)c1ccccc1. The van der Waals surface area contributed by atoms with E-state index in [0.717, 1.165) is 12.7 Å². The van der Waals surface area contributed by atoms with E-state index < -0.39 is 28.1 Å². The van der Waals surface area contributed by atoms with E-state index in [0.29, 0.717) is 5.56 Å². The van der Waals surface area contributed by atoms with Gasteiger partial charge in [0.05, 0.1) is 12.8 Å². The fraction of sp³-hybridized carbons (Fsp3) is 0.167. The molecule has 2 rings (SSSR count). The van der Waals surface area contributed by atoms with E-state index in [1.807, 2.05) is 30.3 Å². The van der Waals surface area contributed by atoms with Gasteiger partial charge in [-0.3, -0.25) is 0 Å². The van der Waals surface area contributed by atoms with Gasteiger partial charge in [0.25, 0.3) is 0 Å². The topological polar surface area (TPSA) is 38.3 Å². The summed E-state index contributed by atoms with van der Waals surface area (Å²) in [6.07, 6.45) is 0. The Bertz CT molecular complexity index is 731. The molecule has 0 heterocycles. The summed E-state index contributed by atoms with van der Waals surface area (Å²) in [6, 6.07) is 17.6. The highest BCUT2D eigenvalue weighted by Gasteiger charge is 2.35. The van der Waals surface area contributed by atoms with E-state index >= 15 is 0 Å². The summed E-state index contributed by atoms with van der Waals surface area (Å²) in [7, 11) is 1.05. The first-order valence-corrected chi connectivity index (χ1v) is 8.14. The standard InChI is InChI=1S/C18H16F3NO2S/c1-24-17(23)16(25-18(19,20)21)15(14-10-6-3-7-11-14)22-12-13-8-4-2-5-9-13/h2-11,22H,12H2,1H3/b16-15-. The van der Waals surface area contributed by atoms with Crippen molar-refractivity contribution in [1.82, 2.24) is 5.32 Å². The van der Waals surface area contributed by atoms with Crippen LogP contribution in [0.1, 0.15) is 11.1 Å². The van der Waals surface area contributed by atoms with Crippen LogP contribution in [0.5, 0.6) is 0 Å². The zero-order valence-electron chi connectivity index (χ0n) is 13.3. The molecule has 25 heavy (non-hydrogen) atoms. The minimum atomic E-state index is -4.61. The zero-order chi connectivity index (χ0) is 18.3. The first-order valence-electron chi connectivity index (χ1n) is 7.32. The van der Waals surface area contributed by atoms with Gasteiger partial charge < -0.3 is 10.1 Å². The van der Waals surface area contributed by atoms with Crippen LogP contribution >= 0.6 is 11.8 Å². The molecule has 0 aliphatic carbocycles. The molecule has 0 bridgehead atoms. The van der Waals surface area contributed by atoms with Crippen LogP contribution in [0, 0.1) is 0 Å². The van der Waals surface area contributed by atoms with Crippen molar-refractivity contribution in [2.45, 2.75) is 12.1 Å². The molecule has 2 aromatic carbocycles. The second kappa shape index (κ2) is 8.62. The predicted molar refractivity (Wildman–Crippen MR) is 92.3 cm³/mol. The lowest BCUT2D eigenvalue weighted by molar-refractivity contribution is -0.135. The first kappa shape index (κ1) is 18.9. The number of nitrogens with one attached hydrogen (secondary N) is 1. The molecule has 0 spiro atoms. The smallest absolute Gasteiger partial charge is 0.446 e. The first-order chi connectivity index (χ1) is 11.9. The quantitative estimate of drug-likeness (QED) is 0.600. The minimum Gasteiger partial charge on any atom is -0.465 e. The van der Waals surface area contributed by atoms with E-state index in [4.69, 9.17) is 0 Å². The normalized spacial score (nSPS) is 12.3. The Morgan fingerprint density at radius 1 is 1.04 bits per heavy atom. The van der Waals surface area contributed by atoms with Crippen LogP contribution in [0.3, 0.4) is 0 Å². The van der Waals surface area contributed by atoms with Crippen LogP contribution < -0.4 is 5.32 Å². The lowest BCUT2D eigenvalue weighted by atomic mass is 10.1. The fourth-order valence-electron chi connectivity index (χ4n) is 2.11. The maximum atomic E-state index is 12.9. The lowest BCUT2D eigenvalue weighted by Gasteiger charge is -2.17. The third-order valence-corrected chi connectivity index (χ3v) is 4.00. The molecule has 1 N–H and O–H groups in total. The number of thioether (sulfide) groups is 1. The van der Waals surface area contributed by atoms with Crippen LogP contribution in [0.2, 0.25) is 0 Å². The zero-order valence-corrected chi connectivity index (χ0v) is 14.2. The van der Waals surface area contributed by atoms with Crippen molar-refractivity contribution in [2.24, 2.45) is 0 Å². The molecule has 0 atom stereocenters. The highest BCUT2D eigenvalue weighted by atomic mass is 32.2. The van der Waals surface area contributed by atoms with Gasteiger partial charge in [-0.2, -0.15) is 13.2 Å². The molecule has 7 heteroatoms. The summed E-state index contributed by atoms with van der Waals surface area (Å²) in [6.45, 7) is 0.268. The predicted octanol–water partition coefficient (Wildman–Crippen LogP) is 4.57. The minimum absolute atomic E-state index is 0.0821. The van der Waals surface area contributed by atoms with Crippen LogP contribution in [0.25, 0.3) is 5.70 Å². The molecule has 132 valence electrons. The van der Waals surface area contributed by atoms with Gasteiger partial charge in [-0.1, -0.05) is 60.7 Å². The van der Waals surface area contributed by atoms with Crippen molar-refractivity contribution in [3.8, 4) is 0 Å². The van der Waals surface area contributed by atoms with Gasteiger partial charge in [0.1, 0.15) is 4.91 Å². The molecule has 0 aliphatic heterocycles. The average Bonchev–Trinajstić information content (AvgIpc) is 2.61. The number of carbonyl (C=O) groups is 1. The van der Waals surface area contributed by atoms with E-state index in [2.05, 4.69) is 10.1 Å². The summed E-state index contributed by atoms with van der Waals surface area (Å²) in [5.74, 6) is -1.04. The second-order valence-corrected chi connectivity index (χ2v) is 6.02. The van der Waals surface area contributed by atoms with Crippen LogP contribution in [-0.2, 0) is 16.1 Å². The van der Waals surface area contributed by atoms with E-state index in [1.54, 1.807) is 30.3 Å². The summed E-state index contributed by atoms with van der Waals surface area (Å²) >= 11 is -0.485. The maximum absolute atomic E-state index is 12.9. The molecule has 0 aliphatic rings. The van der Waals surface area contributed by atoms with Crippen molar-refractivity contribution < 1.29 is 22.7 Å². The number of hydrogen-bond donors (Lipinski definition) is 1. The number of ether oxygens (including phenoxy) is 1. The number of halogens is 3. The van der Waals surface area contributed by atoms with E-state index in [-0.39, 0.29) is 12.2 Å². The van der Waals surface area contributed by atoms with Gasteiger partial charge in [0, 0.05) is 6.54 Å². The van der Waals surface area contributed by atoms with Crippen molar-refractivity contribution >= 4 is 23.4 Å². The fourth-order valence-corrected chi connectivity index (χ4v) is 2.80. The number of rotatable bonds is 6. The van der Waals surface area contributed by atoms with Gasteiger partial charge in [0.15, 0.2) is 0 Å².